The molecule has 0 fully saturated rings. The van der Waals surface area contributed by atoms with E-state index >= 15 is 0 Å². The topological polar surface area (TPSA) is 12.0 Å². The van der Waals surface area contributed by atoms with Gasteiger partial charge in [0.05, 0.1) is 5.69 Å². The van der Waals surface area contributed by atoms with E-state index in [1.165, 1.54) is 0 Å². The Morgan fingerprint density at radius 1 is 1.27 bits per heavy atom. The van der Waals surface area contributed by atoms with Crippen LogP contribution in [0.15, 0.2) is 24.3 Å². The number of anilines is 1. The van der Waals surface area contributed by atoms with Crippen LogP contribution in [0.25, 0.3) is 0 Å². The monoisotopic (exact) mass is 153 g/mol. The largest absolute Gasteiger partial charge is 0.224 e. The van der Waals surface area contributed by atoms with Crippen LogP contribution in [0.2, 0.25) is 0 Å². The first-order valence-electron chi connectivity index (χ1n) is 3.71. The van der Waals surface area contributed by atoms with Crippen LogP contribution in [0.1, 0.15) is 25.3 Å². The normalized spacial score (nSPS) is 10.2. The van der Waals surface area contributed by atoms with Gasteiger partial charge in [-0.1, -0.05) is 32.0 Å². The molecule has 2 heteroatoms. The standard InChI is InChI=1S/C9H12FN/c1-7(2)8-5-3-4-6-9(8)11-10/h3-7,11H,1-2H3. The van der Waals surface area contributed by atoms with E-state index in [0.29, 0.717) is 11.6 Å². The molecule has 0 heterocycles. The van der Waals surface area contributed by atoms with E-state index in [4.69, 9.17) is 0 Å². The molecule has 11 heavy (non-hydrogen) atoms. The van der Waals surface area contributed by atoms with Gasteiger partial charge in [-0.25, -0.2) is 5.54 Å². The molecule has 0 atom stereocenters. The predicted octanol–water partition coefficient (Wildman–Crippen LogP) is 3.11. The van der Waals surface area contributed by atoms with E-state index in [1.807, 2.05) is 32.0 Å². The van der Waals surface area contributed by atoms with E-state index in [0.717, 1.165) is 5.56 Å². The Bertz CT molecular complexity index is 233. The number of hydrogen-bond acceptors (Lipinski definition) is 1. The molecule has 0 aliphatic carbocycles. The number of hydrogen-bond donors (Lipinski definition) is 1. The van der Waals surface area contributed by atoms with Crippen LogP contribution in [0.5, 0.6) is 0 Å². The summed E-state index contributed by atoms with van der Waals surface area (Å²) in [4.78, 5) is 0. The summed E-state index contributed by atoms with van der Waals surface area (Å²) in [6.07, 6.45) is 0. The van der Waals surface area contributed by atoms with Gasteiger partial charge in [-0.15, -0.1) is 4.48 Å². The van der Waals surface area contributed by atoms with Crippen molar-refractivity contribution in [1.82, 2.24) is 0 Å². The van der Waals surface area contributed by atoms with Gasteiger partial charge in [0.1, 0.15) is 0 Å². The third kappa shape index (κ3) is 1.70. The lowest BCUT2D eigenvalue weighted by molar-refractivity contribution is 0.614. The third-order valence-corrected chi connectivity index (χ3v) is 1.68. The summed E-state index contributed by atoms with van der Waals surface area (Å²) in [6.45, 7) is 4.08. The van der Waals surface area contributed by atoms with Gasteiger partial charge >= 0.3 is 0 Å². The summed E-state index contributed by atoms with van der Waals surface area (Å²) in [6, 6.07) is 7.38. The van der Waals surface area contributed by atoms with E-state index in [-0.39, 0.29) is 0 Å². The van der Waals surface area contributed by atoms with Crippen LogP contribution in [0.4, 0.5) is 10.2 Å². The Hall–Kier alpha value is -1.05. The Kier molecular flexibility index (Phi) is 2.47. The van der Waals surface area contributed by atoms with Crippen LogP contribution < -0.4 is 5.54 Å². The molecule has 60 valence electrons. The molecule has 0 amide bonds. The van der Waals surface area contributed by atoms with Crippen LogP contribution >= 0.6 is 0 Å². The molecule has 1 aromatic rings. The Morgan fingerprint density at radius 2 is 1.91 bits per heavy atom. The second-order valence-electron chi connectivity index (χ2n) is 2.84. The second-order valence-corrected chi connectivity index (χ2v) is 2.84. The fraction of sp³-hybridized carbons (Fsp3) is 0.333. The zero-order valence-electron chi connectivity index (χ0n) is 6.76. The molecule has 0 aliphatic heterocycles. The number of halogens is 1. The molecule has 1 nitrogen and oxygen atoms in total. The molecule has 1 rings (SSSR count). The summed E-state index contributed by atoms with van der Waals surface area (Å²) in [7, 11) is 0. The van der Waals surface area contributed by atoms with E-state index < -0.39 is 0 Å². The smallest absolute Gasteiger partial charge is 0.0690 e. The van der Waals surface area contributed by atoms with Crippen molar-refractivity contribution in [3.05, 3.63) is 29.8 Å². The Morgan fingerprint density at radius 3 is 2.36 bits per heavy atom. The van der Waals surface area contributed by atoms with Crippen LogP contribution in [-0.2, 0) is 0 Å². The lowest BCUT2D eigenvalue weighted by Gasteiger charge is -2.08. The van der Waals surface area contributed by atoms with Gasteiger partial charge in [-0.05, 0) is 17.5 Å². The van der Waals surface area contributed by atoms with Gasteiger partial charge in [0.2, 0.25) is 0 Å². The average molecular weight is 153 g/mol. The van der Waals surface area contributed by atoms with Gasteiger partial charge in [-0.2, -0.15) is 0 Å². The van der Waals surface area contributed by atoms with Gasteiger partial charge in [0.25, 0.3) is 0 Å². The van der Waals surface area contributed by atoms with Crippen molar-refractivity contribution in [2.24, 2.45) is 0 Å². The van der Waals surface area contributed by atoms with Crippen molar-refractivity contribution in [3.8, 4) is 0 Å². The third-order valence-electron chi connectivity index (χ3n) is 1.68. The van der Waals surface area contributed by atoms with Gasteiger partial charge < -0.3 is 0 Å². The maximum absolute atomic E-state index is 12.1. The van der Waals surface area contributed by atoms with Gasteiger partial charge in [0.15, 0.2) is 0 Å². The lowest BCUT2D eigenvalue weighted by atomic mass is 10.0. The van der Waals surface area contributed by atoms with Crippen molar-refractivity contribution in [2.45, 2.75) is 19.8 Å². The fourth-order valence-corrected chi connectivity index (χ4v) is 1.09. The Balaban J connectivity index is 3.02. The van der Waals surface area contributed by atoms with Crippen molar-refractivity contribution >= 4 is 5.69 Å². The fourth-order valence-electron chi connectivity index (χ4n) is 1.09. The molecule has 0 aliphatic rings. The van der Waals surface area contributed by atoms with Gasteiger partial charge in [-0.3, -0.25) is 0 Å². The molecule has 0 bridgehead atoms. The number of rotatable bonds is 2. The van der Waals surface area contributed by atoms with Crippen LogP contribution in [0.3, 0.4) is 0 Å². The maximum atomic E-state index is 12.1. The number of para-hydroxylation sites is 1. The molecule has 0 saturated heterocycles. The Labute approximate surface area is 66.2 Å². The number of nitrogens with one attached hydrogen (secondary N) is 1. The number of benzene rings is 1. The quantitative estimate of drug-likeness (QED) is 0.644. The molecular formula is C9H12FN. The first-order chi connectivity index (χ1) is 5.25. The van der Waals surface area contributed by atoms with E-state index in [1.54, 1.807) is 11.6 Å². The maximum Gasteiger partial charge on any atom is 0.0690 e. The summed E-state index contributed by atoms with van der Waals surface area (Å²) in [5, 5.41) is 0. The molecule has 0 radical (unpaired) electrons. The van der Waals surface area contributed by atoms with Crippen molar-refractivity contribution in [3.63, 3.8) is 0 Å². The van der Waals surface area contributed by atoms with Crippen molar-refractivity contribution in [1.29, 1.82) is 0 Å². The highest BCUT2D eigenvalue weighted by atomic mass is 19.2. The van der Waals surface area contributed by atoms with Gasteiger partial charge in [0, 0.05) is 0 Å². The molecular weight excluding hydrogens is 141 g/mol. The highest BCUT2D eigenvalue weighted by Gasteiger charge is 2.03. The zero-order chi connectivity index (χ0) is 8.27. The zero-order valence-corrected chi connectivity index (χ0v) is 6.76. The molecule has 0 spiro atoms. The summed E-state index contributed by atoms with van der Waals surface area (Å²) in [5.41, 5.74) is 3.26. The highest BCUT2D eigenvalue weighted by Crippen LogP contribution is 2.23. The first kappa shape index (κ1) is 8.05. The predicted molar refractivity (Wildman–Crippen MR) is 45.3 cm³/mol. The average Bonchev–Trinajstić information content (AvgIpc) is 2.04. The molecule has 1 aromatic carbocycles. The van der Waals surface area contributed by atoms with E-state index in [2.05, 4.69) is 0 Å². The van der Waals surface area contributed by atoms with Crippen molar-refractivity contribution in [2.75, 3.05) is 5.54 Å². The molecule has 0 saturated carbocycles. The second kappa shape index (κ2) is 3.37. The SMILES string of the molecule is CC(C)c1ccccc1NF. The molecule has 0 unspecified atom stereocenters. The van der Waals surface area contributed by atoms with Crippen molar-refractivity contribution < 1.29 is 4.48 Å². The summed E-state index contributed by atoms with van der Waals surface area (Å²) < 4.78 is 12.1. The minimum Gasteiger partial charge on any atom is -0.224 e. The summed E-state index contributed by atoms with van der Waals surface area (Å²) in [5.74, 6) is 0.356. The molecule has 0 aromatic heterocycles. The molecule has 1 N–H and O–H groups in total. The minimum absolute atomic E-state index is 0.356. The van der Waals surface area contributed by atoms with Crippen LogP contribution in [0, 0.1) is 0 Å². The lowest BCUT2D eigenvalue weighted by Crippen LogP contribution is -1.92. The highest BCUT2D eigenvalue weighted by molar-refractivity contribution is 5.50. The van der Waals surface area contributed by atoms with Crippen LogP contribution in [-0.4, -0.2) is 0 Å². The summed E-state index contributed by atoms with van der Waals surface area (Å²) >= 11 is 0. The van der Waals surface area contributed by atoms with E-state index in [9.17, 15) is 4.48 Å². The minimum atomic E-state index is 0.356. The first-order valence-corrected chi connectivity index (χ1v) is 3.71.